The number of hydrogen-bond acceptors (Lipinski definition) is 6. The molecule has 0 amide bonds. The molecule has 4 rings (SSSR count). The third-order valence-electron chi connectivity index (χ3n) is 6.91. The minimum absolute atomic E-state index is 0.249. The second-order valence-corrected chi connectivity index (χ2v) is 10.4. The highest BCUT2D eigenvalue weighted by atomic mass is 35.5. The highest BCUT2D eigenvalue weighted by Crippen LogP contribution is 2.31. The summed E-state index contributed by atoms with van der Waals surface area (Å²) in [7, 11) is 1.66. The number of aliphatic hydroxyl groups is 1. The van der Waals surface area contributed by atoms with Gasteiger partial charge in [0.25, 0.3) is 0 Å². The van der Waals surface area contributed by atoms with E-state index < -0.39 is 5.60 Å². The Morgan fingerprint density at radius 1 is 1.08 bits per heavy atom. The van der Waals surface area contributed by atoms with Crippen LogP contribution in [0, 0.1) is 20.8 Å². The molecular weight excluding hydrogens is 490 g/mol. The Morgan fingerprint density at radius 3 is 2.57 bits per heavy atom. The number of imidazole rings is 1. The molecule has 1 aliphatic rings. The monoisotopic (exact) mass is 527 g/mol. The van der Waals surface area contributed by atoms with Crippen LogP contribution in [0.2, 0.25) is 5.02 Å². The maximum absolute atomic E-state index is 11.3. The Bertz CT molecular complexity index is 1170. The first-order valence-electron chi connectivity index (χ1n) is 12.9. The molecule has 0 aliphatic carbocycles. The third-order valence-corrected chi connectivity index (χ3v) is 7.51. The molecule has 1 fully saturated rings. The first-order valence-corrected chi connectivity index (χ1v) is 13.3. The topological polar surface area (TPSA) is 69.0 Å². The number of rotatable bonds is 11. The average molecular weight is 528 g/mol. The van der Waals surface area contributed by atoms with Crippen LogP contribution in [0.3, 0.4) is 0 Å². The predicted octanol–water partition coefficient (Wildman–Crippen LogP) is 5.35. The van der Waals surface area contributed by atoms with Gasteiger partial charge in [0, 0.05) is 37.1 Å². The van der Waals surface area contributed by atoms with Gasteiger partial charge in [-0.25, -0.2) is 4.98 Å². The molecule has 0 spiro atoms. The van der Waals surface area contributed by atoms with Crippen molar-refractivity contribution in [2.45, 2.75) is 58.7 Å². The quantitative estimate of drug-likeness (QED) is 0.339. The van der Waals surface area contributed by atoms with Gasteiger partial charge in [0.15, 0.2) is 11.5 Å². The zero-order valence-corrected chi connectivity index (χ0v) is 23.1. The van der Waals surface area contributed by atoms with Crippen LogP contribution in [-0.4, -0.2) is 58.6 Å². The van der Waals surface area contributed by atoms with E-state index in [4.69, 9.17) is 25.8 Å². The normalized spacial score (nSPS) is 18.1. The number of β-amino-alcohol motifs (C(OH)–C–C–N with tert-alkyl or cyclic N) is 1. The number of hydrogen-bond donors (Lipinski definition) is 1. The van der Waals surface area contributed by atoms with Crippen LogP contribution >= 0.6 is 11.6 Å². The van der Waals surface area contributed by atoms with E-state index in [1.54, 1.807) is 7.11 Å². The first-order chi connectivity index (χ1) is 17.8. The number of benzene rings is 2. The molecule has 1 saturated heterocycles. The van der Waals surface area contributed by atoms with Gasteiger partial charge in [-0.1, -0.05) is 17.7 Å². The van der Waals surface area contributed by atoms with Gasteiger partial charge >= 0.3 is 0 Å². The van der Waals surface area contributed by atoms with Gasteiger partial charge in [-0.3, -0.25) is 4.90 Å². The van der Waals surface area contributed by atoms with Crippen LogP contribution in [0.1, 0.15) is 41.8 Å². The largest absolute Gasteiger partial charge is 0.493 e. The number of aromatic nitrogens is 2. The van der Waals surface area contributed by atoms with Gasteiger partial charge in [-0.05, 0) is 87.5 Å². The van der Waals surface area contributed by atoms with E-state index in [1.807, 2.05) is 57.4 Å². The third kappa shape index (κ3) is 7.18. The van der Waals surface area contributed by atoms with Crippen LogP contribution in [0.5, 0.6) is 17.2 Å². The number of nitrogens with zero attached hydrogens (tertiary/aromatic N) is 3. The average Bonchev–Trinajstić information content (AvgIpc) is 3.29. The molecule has 37 heavy (non-hydrogen) atoms. The smallest absolute Gasteiger partial charge is 0.161 e. The van der Waals surface area contributed by atoms with E-state index in [0.29, 0.717) is 19.6 Å². The number of likely N-dealkylation sites (tertiary alicyclic amines) is 1. The van der Waals surface area contributed by atoms with Crippen LogP contribution in [0.4, 0.5) is 0 Å². The lowest BCUT2D eigenvalue weighted by Gasteiger charge is -2.39. The van der Waals surface area contributed by atoms with Crippen molar-refractivity contribution in [1.29, 1.82) is 0 Å². The zero-order valence-electron chi connectivity index (χ0n) is 22.3. The van der Waals surface area contributed by atoms with E-state index in [2.05, 4.69) is 20.5 Å². The molecule has 1 aliphatic heterocycles. The standard InChI is InChI=1S/C29H38ClN3O4/c1-21-15-25(16-22(2)28(21)30)37-20-29(34)9-5-11-32(19-29)18-24-7-8-26(27(17-24)35-4)36-14-6-12-33-13-10-31-23(33)3/h7-8,10,13,15-17,34H,5-6,9,11-12,14,18-20H2,1-4H3/t29-/m1/s1. The van der Waals surface area contributed by atoms with Crippen molar-refractivity contribution in [3.63, 3.8) is 0 Å². The molecule has 3 aromatic rings. The van der Waals surface area contributed by atoms with Crippen molar-refractivity contribution >= 4 is 11.6 Å². The summed E-state index contributed by atoms with van der Waals surface area (Å²) >= 11 is 6.28. The summed E-state index contributed by atoms with van der Waals surface area (Å²) in [6.45, 7) is 9.84. The van der Waals surface area contributed by atoms with E-state index in [-0.39, 0.29) is 6.61 Å². The number of piperidine rings is 1. The van der Waals surface area contributed by atoms with Gasteiger partial charge in [0.2, 0.25) is 0 Å². The van der Waals surface area contributed by atoms with Crippen molar-refractivity contribution in [2.24, 2.45) is 0 Å². The van der Waals surface area contributed by atoms with E-state index in [9.17, 15) is 5.11 Å². The Morgan fingerprint density at radius 2 is 1.86 bits per heavy atom. The molecule has 0 bridgehead atoms. The Labute approximate surface area is 224 Å². The molecule has 1 atom stereocenters. The van der Waals surface area contributed by atoms with Gasteiger partial charge in [0.1, 0.15) is 23.8 Å². The fraction of sp³-hybridized carbons (Fsp3) is 0.483. The lowest BCUT2D eigenvalue weighted by molar-refractivity contribution is -0.0621. The maximum Gasteiger partial charge on any atom is 0.161 e. The summed E-state index contributed by atoms with van der Waals surface area (Å²) in [6.07, 6.45) is 6.30. The summed E-state index contributed by atoms with van der Waals surface area (Å²) in [5, 5.41) is 12.0. The second kappa shape index (κ2) is 12.2. The van der Waals surface area contributed by atoms with Crippen molar-refractivity contribution in [3.8, 4) is 17.2 Å². The predicted molar refractivity (Wildman–Crippen MR) is 146 cm³/mol. The van der Waals surface area contributed by atoms with Crippen molar-refractivity contribution in [1.82, 2.24) is 14.5 Å². The fourth-order valence-electron chi connectivity index (χ4n) is 4.91. The van der Waals surface area contributed by atoms with Crippen molar-refractivity contribution in [2.75, 3.05) is 33.4 Å². The van der Waals surface area contributed by atoms with Crippen LogP contribution in [0.25, 0.3) is 0 Å². The summed E-state index contributed by atoms with van der Waals surface area (Å²) < 4.78 is 19.8. The highest BCUT2D eigenvalue weighted by molar-refractivity contribution is 6.32. The van der Waals surface area contributed by atoms with Gasteiger partial charge in [0.05, 0.1) is 13.7 Å². The molecular formula is C29H38ClN3O4. The zero-order chi connectivity index (χ0) is 26.4. The van der Waals surface area contributed by atoms with Crippen molar-refractivity contribution in [3.05, 3.63) is 70.3 Å². The molecule has 2 heterocycles. The Hall–Kier alpha value is -2.74. The summed E-state index contributed by atoms with van der Waals surface area (Å²) in [5.41, 5.74) is 2.17. The molecule has 0 radical (unpaired) electrons. The van der Waals surface area contributed by atoms with E-state index >= 15 is 0 Å². The molecule has 7 nitrogen and oxygen atoms in total. The molecule has 200 valence electrons. The van der Waals surface area contributed by atoms with Crippen LogP contribution < -0.4 is 14.2 Å². The Balaban J connectivity index is 1.30. The van der Waals surface area contributed by atoms with E-state index in [0.717, 1.165) is 77.3 Å². The maximum atomic E-state index is 11.3. The minimum Gasteiger partial charge on any atom is -0.493 e. The molecule has 1 N–H and O–H groups in total. The summed E-state index contributed by atoms with van der Waals surface area (Å²) in [6, 6.07) is 9.92. The number of halogens is 1. The lowest BCUT2D eigenvalue weighted by atomic mass is 9.93. The lowest BCUT2D eigenvalue weighted by Crippen LogP contribution is -2.51. The summed E-state index contributed by atoms with van der Waals surface area (Å²) in [5.74, 6) is 3.21. The SMILES string of the molecule is COc1cc(CN2CCC[C@](O)(COc3cc(C)c(Cl)c(C)c3)C2)ccc1OCCCn1ccnc1C. The van der Waals surface area contributed by atoms with Gasteiger partial charge < -0.3 is 23.9 Å². The minimum atomic E-state index is -0.902. The molecule has 2 aromatic carbocycles. The molecule has 0 unspecified atom stereocenters. The van der Waals surface area contributed by atoms with Crippen LogP contribution in [-0.2, 0) is 13.1 Å². The van der Waals surface area contributed by atoms with Gasteiger partial charge in [-0.15, -0.1) is 0 Å². The van der Waals surface area contributed by atoms with Crippen LogP contribution in [0.15, 0.2) is 42.7 Å². The molecule has 0 saturated carbocycles. The second-order valence-electron chi connectivity index (χ2n) is 10.1. The molecule has 1 aromatic heterocycles. The van der Waals surface area contributed by atoms with Crippen molar-refractivity contribution < 1.29 is 19.3 Å². The van der Waals surface area contributed by atoms with E-state index in [1.165, 1.54) is 0 Å². The molecule has 8 heteroatoms. The fourth-order valence-corrected chi connectivity index (χ4v) is 5.02. The number of ether oxygens (including phenoxy) is 3. The number of aryl methyl sites for hydroxylation is 4. The highest BCUT2D eigenvalue weighted by Gasteiger charge is 2.34. The summed E-state index contributed by atoms with van der Waals surface area (Å²) in [4.78, 5) is 6.52. The number of methoxy groups -OCH3 is 1. The Kier molecular flexibility index (Phi) is 9.00. The van der Waals surface area contributed by atoms with Gasteiger partial charge in [-0.2, -0.15) is 0 Å². The first kappa shape index (κ1) is 27.3.